The maximum atomic E-state index is 14.3. The van der Waals surface area contributed by atoms with Gasteiger partial charge in [0.2, 0.25) is 5.78 Å². The number of nitrogens with zero attached hydrogens (tertiary/aromatic N) is 1. The maximum Gasteiger partial charge on any atom is 0.201 e. The summed E-state index contributed by atoms with van der Waals surface area (Å²) < 4.78 is 51.7. The number of pyridine rings is 1. The first kappa shape index (κ1) is 19.7. The molecule has 0 aliphatic rings. The van der Waals surface area contributed by atoms with Crippen molar-refractivity contribution in [1.29, 1.82) is 0 Å². The zero-order valence-corrected chi connectivity index (χ0v) is 16.4. The summed E-state index contributed by atoms with van der Waals surface area (Å²) in [6, 6.07) is 9.80. The first-order chi connectivity index (χ1) is 14.2. The van der Waals surface area contributed by atoms with E-state index in [0.717, 1.165) is 18.4 Å². The molecule has 0 saturated carbocycles. The van der Waals surface area contributed by atoms with Crippen molar-refractivity contribution >= 4 is 32.3 Å². The summed E-state index contributed by atoms with van der Waals surface area (Å²) in [5, 5.41) is 0.367. The van der Waals surface area contributed by atoms with Gasteiger partial charge in [0.05, 0.1) is 16.1 Å². The van der Waals surface area contributed by atoms with Crippen LogP contribution in [0.25, 0.3) is 22.2 Å². The van der Waals surface area contributed by atoms with Crippen molar-refractivity contribution in [3.05, 3.63) is 77.6 Å². The SMILES string of the molecule is CS(=O)(=O)c1ccc(-c2cnc3[nH]cc(C(=O)c4c(F)ccc(N)c4F)c3c2)cc1. The number of anilines is 1. The number of carbonyl (C=O) groups excluding carboxylic acids is 1. The number of benzene rings is 2. The number of hydrogen-bond donors (Lipinski definition) is 2. The highest BCUT2D eigenvalue weighted by Gasteiger charge is 2.24. The molecule has 0 bridgehead atoms. The van der Waals surface area contributed by atoms with Crippen LogP contribution in [0.3, 0.4) is 0 Å². The molecule has 2 heterocycles. The van der Waals surface area contributed by atoms with Crippen LogP contribution < -0.4 is 5.73 Å². The summed E-state index contributed by atoms with van der Waals surface area (Å²) >= 11 is 0. The van der Waals surface area contributed by atoms with Crippen molar-refractivity contribution in [3.8, 4) is 11.1 Å². The third kappa shape index (κ3) is 3.33. The first-order valence-electron chi connectivity index (χ1n) is 8.72. The van der Waals surface area contributed by atoms with E-state index in [1.54, 1.807) is 24.4 Å². The van der Waals surface area contributed by atoms with Gasteiger partial charge in [0.1, 0.15) is 11.5 Å². The fourth-order valence-electron chi connectivity index (χ4n) is 3.16. The third-order valence-electron chi connectivity index (χ3n) is 4.74. The van der Waals surface area contributed by atoms with Crippen LogP contribution in [0.2, 0.25) is 0 Å². The molecule has 0 atom stereocenters. The molecule has 0 amide bonds. The number of H-pyrrole nitrogens is 1. The Labute approximate surface area is 170 Å². The minimum atomic E-state index is -3.33. The molecule has 0 spiro atoms. The molecule has 3 N–H and O–H groups in total. The Morgan fingerprint density at radius 3 is 2.43 bits per heavy atom. The van der Waals surface area contributed by atoms with Crippen LogP contribution in [0.4, 0.5) is 14.5 Å². The van der Waals surface area contributed by atoms with Gasteiger partial charge in [-0.15, -0.1) is 0 Å². The highest BCUT2D eigenvalue weighted by Crippen LogP contribution is 2.29. The van der Waals surface area contributed by atoms with Crippen molar-refractivity contribution in [3.63, 3.8) is 0 Å². The molecule has 0 radical (unpaired) electrons. The lowest BCUT2D eigenvalue weighted by atomic mass is 10.00. The molecule has 2 aromatic heterocycles. The predicted octanol–water partition coefficient (Wildman–Crippen LogP) is 3.72. The number of nitrogen functional groups attached to an aromatic ring is 1. The number of fused-ring (bicyclic) bond motifs is 1. The van der Waals surface area contributed by atoms with Crippen molar-refractivity contribution < 1.29 is 22.0 Å². The number of hydrogen-bond acceptors (Lipinski definition) is 5. The van der Waals surface area contributed by atoms with Crippen LogP contribution >= 0.6 is 0 Å². The largest absolute Gasteiger partial charge is 0.396 e. The molecule has 0 aliphatic heterocycles. The van der Waals surface area contributed by atoms with Gasteiger partial charge < -0.3 is 10.7 Å². The number of sulfone groups is 1. The van der Waals surface area contributed by atoms with Crippen LogP contribution in [-0.2, 0) is 9.84 Å². The Morgan fingerprint density at radius 1 is 1.07 bits per heavy atom. The fraction of sp³-hybridized carbons (Fsp3) is 0.0476. The quantitative estimate of drug-likeness (QED) is 0.381. The summed E-state index contributed by atoms with van der Waals surface area (Å²) in [6.07, 6.45) is 3.99. The second-order valence-corrected chi connectivity index (χ2v) is 8.79. The topological polar surface area (TPSA) is 106 Å². The molecule has 0 saturated heterocycles. The Kier molecular flexibility index (Phi) is 4.62. The number of halogens is 2. The zero-order chi connectivity index (χ0) is 21.6. The molecule has 4 aromatic rings. The number of aromatic nitrogens is 2. The number of nitrogens with two attached hydrogens (primary N) is 1. The summed E-state index contributed by atoms with van der Waals surface area (Å²) in [7, 11) is -3.33. The highest BCUT2D eigenvalue weighted by atomic mass is 32.2. The van der Waals surface area contributed by atoms with Gasteiger partial charge >= 0.3 is 0 Å². The van der Waals surface area contributed by atoms with E-state index in [-0.39, 0.29) is 16.1 Å². The van der Waals surface area contributed by atoms with Gasteiger partial charge in [0.25, 0.3) is 0 Å². The summed E-state index contributed by atoms with van der Waals surface area (Å²) in [4.78, 5) is 20.1. The molecule has 2 aromatic carbocycles. The molecule has 0 fully saturated rings. The Hall–Kier alpha value is -3.59. The van der Waals surface area contributed by atoms with E-state index >= 15 is 0 Å². The highest BCUT2D eigenvalue weighted by molar-refractivity contribution is 7.90. The van der Waals surface area contributed by atoms with Crippen LogP contribution in [-0.4, -0.2) is 30.4 Å². The van der Waals surface area contributed by atoms with E-state index in [2.05, 4.69) is 9.97 Å². The summed E-state index contributed by atoms with van der Waals surface area (Å²) in [5.74, 6) is -2.99. The van der Waals surface area contributed by atoms with E-state index in [0.29, 0.717) is 22.2 Å². The van der Waals surface area contributed by atoms with Crippen molar-refractivity contribution in [1.82, 2.24) is 9.97 Å². The Bertz CT molecular complexity index is 1410. The lowest BCUT2D eigenvalue weighted by molar-refractivity contribution is 0.103. The standard InChI is InChI=1S/C21H15F2N3O3S/c1-30(28,29)13-4-2-11(3-5-13)12-8-14-15(10-26-21(14)25-9-12)20(27)18-16(22)6-7-17(24)19(18)23/h2-10H,24H2,1H3,(H,25,26). The molecule has 0 unspecified atom stereocenters. The number of ketones is 1. The maximum absolute atomic E-state index is 14.3. The Morgan fingerprint density at radius 2 is 1.77 bits per heavy atom. The first-order valence-corrected chi connectivity index (χ1v) is 10.6. The van der Waals surface area contributed by atoms with Crippen LogP contribution in [0, 0.1) is 11.6 Å². The van der Waals surface area contributed by atoms with E-state index in [1.807, 2.05) is 0 Å². The monoisotopic (exact) mass is 427 g/mol. The lowest BCUT2D eigenvalue weighted by Crippen LogP contribution is -2.09. The van der Waals surface area contributed by atoms with Crippen LogP contribution in [0.5, 0.6) is 0 Å². The Balaban J connectivity index is 1.81. The number of nitrogens with one attached hydrogen (secondary N) is 1. The molecule has 0 aliphatic carbocycles. The number of carbonyl (C=O) groups is 1. The van der Waals surface area contributed by atoms with E-state index < -0.39 is 32.8 Å². The van der Waals surface area contributed by atoms with Crippen molar-refractivity contribution in [2.75, 3.05) is 12.0 Å². The number of rotatable bonds is 4. The average molecular weight is 427 g/mol. The molecular weight excluding hydrogens is 412 g/mol. The molecule has 9 heteroatoms. The van der Waals surface area contributed by atoms with Crippen molar-refractivity contribution in [2.24, 2.45) is 0 Å². The second-order valence-electron chi connectivity index (χ2n) is 6.77. The molecule has 152 valence electrons. The lowest BCUT2D eigenvalue weighted by Gasteiger charge is -2.07. The number of aromatic amines is 1. The van der Waals surface area contributed by atoms with Gasteiger partial charge in [-0.1, -0.05) is 12.1 Å². The normalized spacial score (nSPS) is 11.7. The molecular formula is C21H15F2N3O3S. The minimum absolute atomic E-state index is 0.0375. The molecule has 30 heavy (non-hydrogen) atoms. The van der Waals surface area contributed by atoms with Gasteiger partial charge in [-0.05, 0) is 35.9 Å². The fourth-order valence-corrected chi connectivity index (χ4v) is 3.79. The minimum Gasteiger partial charge on any atom is -0.396 e. The molecule has 4 rings (SSSR count). The van der Waals surface area contributed by atoms with Crippen molar-refractivity contribution in [2.45, 2.75) is 4.90 Å². The predicted molar refractivity (Wildman–Crippen MR) is 109 cm³/mol. The summed E-state index contributed by atoms with van der Waals surface area (Å²) in [6.45, 7) is 0. The van der Waals surface area contributed by atoms with E-state index in [4.69, 9.17) is 5.73 Å². The smallest absolute Gasteiger partial charge is 0.201 e. The van der Waals surface area contributed by atoms with Crippen LogP contribution in [0.1, 0.15) is 15.9 Å². The van der Waals surface area contributed by atoms with Crippen LogP contribution in [0.15, 0.2) is 59.8 Å². The third-order valence-corrected chi connectivity index (χ3v) is 5.87. The second kappa shape index (κ2) is 7.03. The summed E-state index contributed by atoms with van der Waals surface area (Å²) in [5.41, 5.74) is 6.08. The van der Waals surface area contributed by atoms with Gasteiger partial charge in [-0.25, -0.2) is 22.2 Å². The van der Waals surface area contributed by atoms with Gasteiger partial charge in [0.15, 0.2) is 15.7 Å². The zero-order valence-electron chi connectivity index (χ0n) is 15.6. The van der Waals surface area contributed by atoms with Gasteiger partial charge in [-0.2, -0.15) is 0 Å². The van der Waals surface area contributed by atoms with Gasteiger partial charge in [-0.3, -0.25) is 4.79 Å². The van der Waals surface area contributed by atoms with E-state index in [9.17, 15) is 22.0 Å². The van der Waals surface area contributed by atoms with E-state index in [1.165, 1.54) is 18.3 Å². The molecule has 6 nitrogen and oxygen atoms in total. The average Bonchev–Trinajstić information content (AvgIpc) is 3.13. The van der Waals surface area contributed by atoms with Gasteiger partial charge in [0, 0.05) is 35.2 Å².